The van der Waals surface area contributed by atoms with Crippen LogP contribution in [-0.4, -0.2) is 62.5 Å². The number of carboxylic acid groups (broad SMARTS) is 2. The molecule has 1 aliphatic carbocycles. The molecule has 2 aromatic rings. The third-order valence-corrected chi connectivity index (χ3v) is 10.0. The number of unbranched alkanes of at least 4 members (excludes halogenated alkanes) is 4. The summed E-state index contributed by atoms with van der Waals surface area (Å²) in [4.78, 5) is 38.0. The van der Waals surface area contributed by atoms with Gasteiger partial charge in [0.15, 0.2) is 11.5 Å². The molecule has 46 heavy (non-hydrogen) atoms. The Kier molecular flexibility index (Phi) is 9.68. The normalized spacial score (nSPS) is 22.7. The summed E-state index contributed by atoms with van der Waals surface area (Å²) >= 11 is 0. The van der Waals surface area contributed by atoms with Crippen LogP contribution < -0.4 is 4.90 Å². The van der Waals surface area contributed by atoms with Crippen LogP contribution in [0.5, 0.6) is 0 Å². The van der Waals surface area contributed by atoms with Crippen molar-refractivity contribution in [2.75, 3.05) is 18.0 Å². The number of carboxylic acids is 2. The van der Waals surface area contributed by atoms with E-state index < -0.39 is 24.0 Å². The molecule has 2 heterocycles. The second-order valence-corrected chi connectivity index (χ2v) is 13.9. The summed E-state index contributed by atoms with van der Waals surface area (Å²) < 4.78 is 2.23. The zero-order valence-electron chi connectivity index (χ0n) is 27.5. The first-order valence-corrected chi connectivity index (χ1v) is 16.6. The summed E-state index contributed by atoms with van der Waals surface area (Å²) in [6, 6.07) is 16.5. The van der Waals surface area contributed by atoms with Gasteiger partial charge in [0.1, 0.15) is 6.54 Å². The predicted molar refractivity (Wildman–Crippen MR) is 179 cm³/mol. The second-order valence-electron chi connectivity index (χ2n) is 13.9. The number of carbonyl (C=O) groups is 3. The molecule has 3 N–H and O–H groups in total. The van der Waals surface area contributed by atoms with Gasteiger partial charge in [-0.3, -0.25) is 14.4 Å². The van der Waals surface area contributed by atoms with E-state index in [-0.39, 0.29) is 29.5 Å². The number of fused-ring (bicyclic) bond motifs is 2. The first-order chi connectivity index (χ1) is 21.9. The van der Waals surface area contributed by atoms with Crippen LogP contribution in [0.1, 0.15) is 90.2 Å². The maximum absolute atomic E-state index is 13.8. The Morgan fingerprint density at radius 1 is 0.826 bits per heavy atom. The van der Waals surface area contributed by atoms with Crippen molar-refractivity contribution >= 4 is 34.8 Å². The van der Waals surface area contributed by atoms with Crippen LogP contribution in [-0.2, 0) is 25.2 Å². The third-order valence-electron chi connectivity index (χ3n) is 10.0. The first kappa shape index (κ1) is 33.3. The molecule has 3 aliphatic rings. The molecule has 0 aromatic heterocycles. The summed E-state index contributed by atoms with van der Waals surface area (Å²) in [5.41, 5.74) is 6.16. The molecule has 5 rings (SSSR count). The van der Waals surface area contributed by atoms with Crippen LogP contribution in [0.2, 0.25) is 0 Å². The number of nitrogens with zero attached hydrogens (tertiary/aromatic N) is 2. The van der Waals surface area contributed by atoms with E-state index in [0.717, 1.165) is 54.0 Å². The minimum absolute atomic E-state index is 0.0752. The van der Waals surface area contributed by atoms with Gasteiger partial charge in [-0.25, -0.2) is 0 Å². The van der Waals surface area contributed by atoms with E-state index in [1.807, 2.05) is 36.4 Å². The largest absolute Gasteiger partial charge is 0.481 e. The monoisotopic (exact) mass is 627 g/mol. The Morgan fingerprint density at radius 3 is 2.09 bits per heavy atom. The van der Waals surface area contributed by atoms with E-state index >= 15 is 0 Å². The zero-order chi connectivity index (χ0) is 33.2. The SMILES string of the molecule is CC1(C)C(=CC2C(=O)C(=CC3=[N+](CCCCCC(=O)O)c4ccccc4C3(C)C)C2O)N(CCCCCC(=O)O)c2ccccc21. The van der Waals surface area contributed by atoms with E-state index in [2.05, 4.69) is 61.4 Å². The average Bonchev–Trinajstić information content (AvgIpc) is 3.36. The first-order valence-electron chi connectivity index (χ1n) is 16.6. The maximum atomic E-state index is 13.8. The summed E-state index contributed by atoms with van der Waals surface area (Å²) in [5, 5.41) is 29.5. The summed E-state index contributed by atoms with van der Waals surface area (Å²) in [7, 11) is 0. The van der Waals surface area contributed by atoms with Crippen molar-refractivity contribution in [1.29, 1.82) is 0 Å². The highest BCUT2D eigenvalue weighted by atomic mass is 16.4. The van der Waals surface area contributed by atoms with Gasteiger partial charge in [0, 0.05) is 65.9 Å². The number of benzene rings is 2. The average molecular weight is 628 g/mol. The lowest BCUT2D eigenvalue weighted by Gasteiger charge is -2.35. The number of hydrogen-bond donors (Lipinski definition) is 3. The van der Waals surface area contributed by atoms with E-state index in [9.17, 15) is 19.5 Å². The summed E-state index contributed by atoms with van der Waals surface area (Å²) in [5.74, 6) is -2.29. The Labute approximate surface area is 271 Å². The van der Waals surface area contributed by atoms with Crippen LogP contribution in [0.4, 0.5) is 11.4 Å². The number of hydrogen-bond acceptors (Lipinski definition) is 5. The lowest BCUT2D eigenvalue weighted by atomic mass is 9.71. The molecule has 2 aliphatic heterocycles. The number of rotatable bonds is 14. The van der Waals surface area contributed by atoms with Gasteiger partial charge in [-0.15, -0.1) is 0 Å². The van der Waals surface area contributed by atoms with Gasteiger partial charge in [0.05, 0.1) is 17.4 Å². The highest BCUT2D eigenvalue weighted by Gasteiger charge is 2.50. The molecule has 8 nitrogen and oxygen atoms in total. The second kappa shape index (κ2) is 13.4. The molecule has 0 radical (unpaired) electrons. The zero-order valence-corrected chi connectivity index (χ0v) is 27.5. The molecular formula is C38H47N2O6+. The van der Waals surface area contributed by atoms with Gasteiger partial charge in [-0.05, 0) is 51.2 Å². The van der Waals surface area contributed by atoms with Crippen molar-refractivity contribution in [2.24, 2.45) is 5.92 Å². The number of ketones is 1. The fraction of sp³-hybridized carbons (Fsp3) is 0.474. The minimum atomic E-state index is -0.929. The fourth-order valence-electron chi connectivity index (χ4n) is 7.39. The molecule has 8 heteroatoms. The topological polar surface area (TPSA) is 118 Å². The summed E-state index contributed by atoms with van der Waals surface area (Å²) in [6.45, 7) is 9.99. The Bertz CT molecular complexity index is 1610. The van der Waals surface area contributed by atoms with Crippen LogP contribution in [0.25, 0.3) is 0 Å². The molecule has 2 atom stereocenters. The molecule has 0 amide bonds. The highest BCUT2D eigenvalue weighted by molar-refractivity contribution is 6.14. The Balaban J connectivity index is 1.41. The Hall–Kier alpha value is -4.04. The maximum Gasteiger partial charge on any atom is 0.303 e. The molecule has 1 saturated carbocycles. The van der Waals surface area contributed by atoms with E-state index in [1.54, 1.807) is 0 Å². The minimum Gasteiger partial charge on any atom is -0.481 e. The van der Waals surface area contributed by atoms with Crippen LogP contribution in [0.3, 0.4) is 0 Å². The van der Waals surface area contributed by atoms with E-state index in [4.69, 9.17) is 10.2 Å². The van der Waals surface area contributed by atoms with Crippen molar-refractivity contribution in [2.45, 2.75) is 96.0 Å². The lowest BCUT2D eigenvalue weighted by Crippen LogP contribution is -2.46. The quantitative estimate of drug-likeness (QED) is 0.124. The molecule has 0 bridgehead atoms. The Morgan fingerprint density at radius 2 is 1.43 bits per heavy atom. The van der Waals surface area contributed by atoms with Gasteiger partial charge < -0.3 is 20.2 Å². The van der Waals surface area contributed by atoms with Crippen molar-refractivity contribution < 1.29 is 34.3 Å². The number of aliphatic carboxylic acids is 2. The van der Waals surface area contributed by atoms with E-state index in [1.165, 1.54) is 5.56 Å². The molecule has 0 saturated heterocycles. The lowest BCUT2D eigenvalue weighted by molar-refractivity contribution is -0.438. The molecule has 244 valence electrons. The highest BCUT2D eigenvalue weighted by Crippen LogP contribution is 2.49. The van der Waals surface area contributed by atoms with E-state index in [0.29, 0.717) is 31.5 Å². The molecule has 1 fully saturated rings. The smallest absolute Gasteiger partial charge is 0.303 e. The van der Waals surface area contributed by atoms with Crippen molar-refractivity contribution in [3.8, 4) is 0 Å². The summed E-state index contributed by atoms with van der Waals surface area (Å²) in [6.07, 6.45) is 7.71. The van der Waals surface area contributed by atoms with Gasteiger partial charge in [-0.1, -0.05) is 62.7 Å². The van der Waals surface area contributed by atoms with Crippen molar-refractivity contribution in [1.82, 2.24) is 0 Å². The number of aliphatic hydroxyl groups is 1. The number of anilines is 1. The molecule has 0 spiro atoms. The standard InChI is InChI=1S/C38H46N2O6/c1-37(2)27-15-9-11-17-29(27)39(21-13-5-7-19-33(41)42)31(37)23-25-35(45)26(36(25)46)24-32-38(3,4)28-16-10-12-18-30(28)40(32)22-14-6-8-20-34(43)44/h9-12,15-18,23-25,35,45H,5-8,13-14,19-22H2,1-4H3,(H-,41,42,43,44)/p+1. The van der Waals surface area contributed by atoms with Crippen molar-refractivity contribution in [3.63, 3.8) is 0 Å². The van der Waals surface area contributed by atoms with Gasteiger partial charge in [-0.2, -0.15) is 4.58 Å². The van der Waals surface area contributed by atoms with Crippen LogP contribution in [0, 0.1) is 5.92 Å². The molecule has 2 unspecified atom stereocenters. The third kappa shape index (κ3) is 6.32. The number of Topliss-reactive ketones (excluding diaryl/α,β-unsaturated/α-hetero) is 1. The number of allylic oxidation sites excluding steroid dienone is 2. The van der Waals surface area contributed by atoms with Crippen LogP contribution >= 0.6 is 0 Å². The van der Waals surface area contributed by atoms with Gasteiger partial charge >= 0.3 is 11.9 Å². The van der Waals surface area contributed by atoms with Crippen LogP contribution in [0.15, 0.2) is 72.0 Å². The van der Waals surface area contributed by atoms with Gasteiger partial charge in [0.2, 0.25) is 5.69 Å². The predicted octanol–water partition coefficient (Wildman–Crippen LogP) is 6.52. The fourth-order valence-corrected chi connectivity index (χ4v) is 7.39. The molecule has 2 aromatic carbocycles. The number of aliphatic hydroxyl groups excluding tert-OH is 1. The number of carbonyl (C=O) groups excluding carboxylic acids is 1. The van der Waals surface area contributed by atoms with Gasteiger partial charge in [0.25, 0.3) is 0 Å². The number of para-hydroxylation sites is 2. The molecular weight excluding hydrogens is 580 g/mol. The van der Waals surface area contributed by atoms with Crippen molar-refractivity contribution in [3.05, 3.63) is 83.1 Å².